The van der Waals surface area contributed by atoms with Gasteiger partial charge in [-0.1, -0.05) is 65.0 Å². The van der Waals surface area contributed by atoms with Crippen molar-refractivity contribution in [3.05, 3.63) is 47.2 Å². The number of hydrogen-bond donors (Lipinski definition) is 2. The fraction of sp³-hybridized carbons (Fsp3) is 0.655. The van der Waals surface area contributed by atoms with Gasteiger partial charge in [0, 0.05) is 17.5 Å². The Labute approximate surface area is 198 Å². The number of carbonyl (C=O) groups excluding carboxylic acids is 1. The van der Waals surface area contributed by atoms with Gasteiger partial charge in [0.1, 0.15) is 0 Å². The second-order valence-electron chi connectivity index (χ2n) is 12.7. The highest BCUT2D eigenvalue weighted by molar-refractivity contribution is 5.84. The summed E-state index contributed by atoms with van der Waals surface area (Å²) in [5.41, 5.74) is 2.22. The molecule has 0 spiro atoms. The lowest BCUT2D eigenvalue weighted by atomic mass is 9.46. The monoisotopic (exact) mass is 449 g/mol. The molecule has 1 unspecified atom stereocenters. The molecular formula is C29H39NO3. The SMILES string of the molecule is CC(C)(C)c1cccc(C2(C(=O)O)CC[C@H]3[C@@H]4CC=C5NC(=O)CC[C@]5(C)[C@@H]4CC[C@@]32C)c1. The van der Waals surface area contributed by atoms with Crippen LogP contribution in [-0.2, 0) is 20.4 Å². The van der Waals surface area contributed by atoms with Gasteiger partial charge in [0.25, 0.3) is 0 Å². The number of carbonyl (C=O) groups is 2. The zero-order valence-corrected chi connectivity index (χ0v) is 20.8. The molecule has 1 amide bonds. The second-order valence-corrected chi connectivity index (χ2v) is 12.7. The van der Waals surface area contributed by atoms with E-state index >= 15 is 0 Å². The van der Waals surface area contributed by atoms with Crippen LogP contribution in [0.4, 0.5) is 0 Å². The molecular weight excluding hydrogens is 410 g/mol. The van der Waals surface area contributed by atoms with E-state index in [1.54, 1.807) is 0 Å². The molecule has 33 heavy (non-hydrogen) atoms. The second kappa shape index (κ2) is 7.20. The predicted octanol–water partition coefficient (Wildman–Crippen LogP) is 5.95. The summed E-state index contributed by atoms with van der Waals surface area (Å²) in [5.74, 6) is 0.876. The van der Waals surface area contributed by atoms with Crippen molar-refractivity contribution in [2.45, 2.75) is 90.4 Å². The minimum Gasteiger partial charge on any atom is -0.481 e. The topological polar surface area (TPSA) is 66.4 Å². The summed E-state index contributed by atoms with van der Waals surface area (Å²) < 4.78 is 0. The molecule has 178 valence electrons. The van der Waals surface area contributed by atoms with E-state index < -0.39 is 11.4 Å². The van der Waals surface area contributed by atoms with Crippen LogP contribution in [0.15, 0.2) is 36.0 Å². The highest BCUT2D eigenvalue weighted by atomic mass is 16.4. The lowest BCUT2D eigenvalue weighted by Gasteiger charge is -2.58. The van der Waals surface area contributed by atoms with Crippen molar-refractivity contribution in [3.63, 3.8) is 0 Å². The molecule has 4 heteroatoms. The molecule has 2 N–H and O–H groups in total. The number of fused-ring (bicyclic) bond motifs is 5. The van der Waals surface area contributed by atoms with E-state index in [9.17, 15) is 14.7 Å². The Kier molecular flexibility index (Phi) is 4.95. The lowest BCUT2D eigenvalue weighted by Crippen LogP contribution is -2.57. The molecule has 4 aliphatic rings. The van der Waals surface area contributed by atoms with Gasteiger partial charge >= 0.3 is 5.97 Å². The molecule has 2 saturated carbocycles. The average Bonchev–Trinajstić information content (AvgIpc) is 3.08. The van der Waals surface area contributed by atoms with Gasteiger partial charge in [0.15, 0.2) is 0 Å². The van der Waals surface area contributed by atoms with Gasteiger partial charge in [-0.25, -0.2) is 0 Å². The van der Waals surface area contributed by atoms with Crippen molar-refractivity contribution < 1.29 is 14.7 Å². The molecule has 1 aliphatic heterocycles. The Hall–Kier alpha value is -2.10. The summed E-state index contributed by atoms with van der Waals surface area (Å²) >= 11 is 0. The fourth-order valence-electron chi connectivity index (χ4n) is 8.43. The quantitative estimate of drug-likeness (QED) is 0.586. The first-order chi connectivity index (χ1) is 15.4. The third-order valence-corrected chi connectivity index (χ3v) is 10.4. The molecule has 1 aromatic carbocycles. The van der Waals surface area contributed by atoms with Gasteiger partial charge in [-0.15, -0.1) is 0 Å². The zero-order chi connectivity index (χ0) is 23.8. The first kappa shape index (κ1) is 22.7. The summed E-state index contributed by atoms with van der Waals surface area (Å²) in [4.78, 5) is 25.2. The highest BCUT2D eigenvalue weighted by Gasteiger charge is 2.67. The standard InChI is InChI=1S/C29H39NO3/c1-26(2,3)18-7-6-8-19(17-18)29(25(32)33)16-12-22-20-9-10-23-27(4,14-13-24(31)30-23)21(20)11-15-28(22,29)5/h6-8,10,17,20-22H,9,11-16H2,1-5H3,(H,30,31)(H,32,33)/t20-,21-,22+,27-,28+,29?/m1/s1. The maximum absolute atomic E-state index is 13.2. The van der Waals surface area contributed by atoms with Crippen LogP contribution in [0.5, 0.6) is 0 Å². The zero-order valence-electron chi connectivity index (χ0n) is 20.8. The number of amides is 1. The van der Waals surface area contributed by atoms with E-state index in [-0.39, 0.29) is 22.2 Å². The number of nitrogens with one attached hydrogen (secondary N) is 1. The Morgan fingerprint density at radius 3 is 2.52 bits per heavy atom. The van der Waals surface area contributed by atoms with Crippen LogP contribution in [0.2, 0.25) is 0 Å². The molecule has 1 heterocycles. The molecule has 5 rings (SSSR count). The Bertz CT molecular complexity index is 1040. The van der Waals surface area contributed by atoms with Crippen molar-refractivity contribution in [2.24, 2.45) is 28.6 Å². The van der Waals surface area contributed by atoms with Crippen molar-refractivity contribution >= 4 is 11.9 Å². The van der Waals surface area contributed by atoms with Gasteiger partial charge < -0.3 is 10.4 Å². The molecule has 0 radical (unpaired) electrons. The molecule has 3 fully saturated rings. The predicted molar refractivity (Wildman–Crippen MR) is 130 cm³/mol. The minimum atomic E-state index is -0.838. The lowest BCUT2D eigenvalue weighted by molar-refractivity contribution is -0.153. The number of carboxylic acid groups (broad SMARTS) is 1. The number of hydrogen-bond acceptors (Lipinski definition) is 2. The summed E-state index contributed by atoms with van der Waals surface area (Å²) in [7, 11) is 0. The van der Waals surface area contributed by atoms with Crippen molar-refractivity contribution in [3.8, 4) is 0 Å². The molecule has 1 aromatic rings. The maximum atomic E-state index is 13.2. The van der Waals surface area contributed by atoms with Crippen LogP contribution in [0.25, 0.3) is 0 Å². The third kappa shape index (κ3) is 3.01. The number of rotatable bonds is 2. The van der Waals surface area contributed by atoms with Crippen LogP contribution in [0.3, 0.4) is 0 Å². The van der Waals surface area contributed by atoms with E-state index in [0.717, 1.165) is 43.4 Å². The number of aliphatic carboxylic acids is 1. The third-order valence-electron chi connectivity index (χ3n) is 10.4. The summed E-state index contributed by atoms with van der Waals surface area (Å²) in [6.45, 7) is 11.2. The number of benzene rings is 1. The van der Waals surface area contributed by atoms with Crippen LogP contribution in [0.1, 0.15) is 90.7 Å². The van der Waals surface area contributed by atoms with Crippen molar-refractivity contribution in [1.29, 1.82) is 0 Å². The van der Waals surface area contributed by atoms with Gasteiger partial charge in [0.2, 0.25) is 5.91 Å². The number of carboxylic acids is 1. The van der Waals surface area contributed by atoms with E-state index in [4.69, 9.17) is 0 Å². The molecule has 1 saturated heterocycles. The average molecular weight is 450 g/mol. The summed E-state index contributed by atoms with van der Waals surface area (Å²) in [5, 5.41) is 14.0. The van der Waals surface area contributed by atoms with E-state index in [1.807, 2.05) is 0 Å². The van der Waals surface area contributed by atoms with Crippen LogP contribution in [0, 0.1) is 28.6 Å². The minimum absolute atomic E-state index is 0.0127. The molecule has 4 nitrogen and oxygen atoms in total. The van der Waals surface area contributed by atoms with Crippen LogP contribution >= 0.6 is 0 Å². The van der Waals surface area contributed by atoms with Crippen LogP contribution in [-0.4, -0.2) is 17.0 Å². The number of allylic oxidation sites excluding steroid dienone is 2. The van der Waals surface area contributed by atoms with E-state index in [2.05, 4.69) is 70.3 Å². The molecule has 0 bridgehead atoms. The van der Waals surface area contributed by atoms with Crippen molar-refractivity contribution in [2.75, 3.05) is 0 Å². The molecule has 0 aromatic heterocycles. The summed E-state index contributed by atoms with van der Waals surface area (Å²) in [6, 6.07) is 8.45. The first-order valence-corrected chi connectivity index (χ1v) is 12.8. The van der Waals surface area contributed by atoms with Gasteiger partial charge in [-0.3, -0.25) is 9.59 Å². The Morgan fingerprint density at radius 1 is 1.09 bits per heavy atom. The van der Waals surface area contributed by atoms with E-state index in [1.165, 1.54) is 5.56 Å². The van der Waals surface area contributed by atoms with Gasteiger partial charge in [-0.2, -0.15) is 0 Å². The van der Waals surface area contributed by atoms with Gasteiger partial charge in [0.05, 0.1) is 5.41 Å². The largest absolute Gasteiger partial charge is 0.481 e. The van der Waals surface area contributed by atoms with Gasteiger partial charge in [-0.05, 0) is 78.2 Å². The van der Waals surface area contributed by atoms with Crippen LogP contribution < -0.4 is 5.32 Å². The molecule has 3 aliphatic carbocycles. The normalized spacial score (nSPS) is 40.2. The highest BCUT2D eigenvalue weighted by Crippen LogP contribution is 2.69. The van der Waals surface area contributed by atoms with Crippen molar-refractivity contribution in [1.82, 2.24) is 5.32 Å². The summed E-state index contributed by atoms with van der Waals surface area (Å²) in [6.07, 6.45) is 8.38. The number of piperidine rings is 1. The van der Waals surface area contributed by atoms with E-state index in [0.29, 0.717) is 30.6 Å². The molecule has 6 atom stereocenters. The Morgan fingerprint density at radius 2 is 1.82 bits per heavy atom. The fourth-order valence-corrected chi connectivity index (χ4v) is 8.43. The first-order valence-electron chi connectivity index (χ1n) is 12.8. The maximum Gasteiger partial charge on any atom is 0.314 e. The smallest absolute Gasteiger partial charge is 0.314 e. The Balaban J connectivity index is 1.57.